The number of aryl methyl sites for hydroxylation is 6. The Morgan fingerprint density at radius 1 is 0.366 bits per heavy atom. The number of hydrogen-bond acceptors (Lipinski definition) is 1. The van der Waals surface area contributed by atoms with E-state index >= 15 is 0 Å². The first-order valence-electron chi connectivity index (χ1n) is 14.2. The van der Waals surface area contributed by atoms with Crippen molar-refractivity contribution in [1.29, 1.82) is 3.73 Å². The molecule has 0 bridgehead atoms. The molecule has 3 aromatic rings. The molecule has 0 aromatic heterocycles. The number of nitrogens with zero attached hydrogens (tertiary/aromatic N) is 4. The Hall–Kier alpha value is -2.54. The third-order valence-electron chi connectivity index (χ3n) is 5.01. The molecule has 0 saturated carbocycles. The number of hydrogen-bond donors (Lipinski definition) is 0. The molecule has 0 aliphatic rings. The SMILES string of the molecule is Cc1cc(C)cc([N-]C(C)(C)C)c1.Cc1cc(C)cc([N-]C(C)(C)C)c1.Cc1cc(C)cc([N-]C(C)(C)C)c1.[N]#[Mo]. The zero-order chi connectivity index (χ0) is 32.2. The minimum absolute atomic E-state index is 0.0141. The van der Waals surface area contributed by atoms with E-state index in [-0.39, 0.29) is 16.6 Å². The van der Waals surface area contributed by atoms with E-state index in [1.807, 2.05) is 0 Å². The van der Waals surface area contributed by atoms with E-state index in [0.29, 0.717) is 0 Å². The van der Waals surface area contributed by atoms with Crippen LogP contribution in [0.15, 0.2) is 54.6 Å². The van der Waals surface area contributed by atoms with Gasteiger partial charge in [0, 0.05) is 0 Å². The van der Waals surface area contributed by atoms with Crippen LogP contribution in [0.25, 0.3) is 16.0 Å². The van der Waals surface area contributed by atoms with Gasteiger partial charge in [-0.15, -0.1) is 33.7 Å². The quantitative estimate of drug-likeness (QED) is 0.263. The predicted octanol–water partition coefficient (Wildman–Crippen LogP) is 12.3. The first-order valence-corrected chi connectivity index (χ1v) is 15.1. The molecule has 0 heterocycles. The standard InChI is InChI=1S/3C12H18N.Mo.N/c3*1-9-6-10(2)8-11(7-9)13-12(3,4)5;;/h3*6-8H,1-5H3;;/q3*-1;;. The van der Waals surface area contributed by atoms with Gasteiger partial charge in [-0.3, -0.25) is 0 Å². The molecule has 0 radical (unpaired) electrons. The van der Waals surface area contributed by atoms with Crippen LogP contribution in [0.3, 0.4) is 0 Å². The van der Waals surface area contributed by atoms with Crippen molar-refractivity contribution in [3.8, 4) is 0 Å². The fourth-order valence-electron chi connectivity index (χ4n) is 4.21. The van der Waals surface area contributed by atoms with Gasteiger partial charge in [0.25, 0.3) is 0 Å². The first-order chi connectivity index (χ1) is 18.6. The van der Waals surface area contributed by atoms with Gasteiger partial charge in [0.2, 0.25) is 0 Å². The van der Waals surface area contributed by atoms with Crippen molar-refractivity contribution in [2.45, 2.75) is 120 Å². The fourth-order valence-corrected chi connectivity index (χ4v) is 4.21. The zero-order valence-corrected chi connectivity index (χ0v) is 30.4. The fraction of sp³-hybridized carbons (Fsp3) is 0.500. The van der Waals surface area contributed by atoms with Gasteiger partial charge in [-0.2, -0.15) is 0 Å². The molecule has 0 aliphatic carbocycles. The molecule has 0 unspecified atom stereocenters. The Labute approximate surface area is 263 Å². The van der Waals surface area contributed by atoms with Crippen LogP contribution in [0.5, 0.6) is 0 Å². The number of benzene rings is 3. The van der Waals surface area contributed by atoms with Crippen LogP contribution in [0, 0.1) is 45.3 Å². The molecule has 0 spiro atoms. The molecule has 4 nitrogen and oxygen atoms in total. The molecular weight excluding hydrogens is 584 g/mol. The molecule has 3 aromatic carbocycles. The van der Waals surface area contributed by atoms with Crippen molar-refractivity contribution >= 4 is 17.1 Å². The molecule has 3 rings (SSSR count). The molecule has 0 fully saturated rings. The van der Waals surface area contributed by atoms with Gasteiger partial charge in [-0.25, -0.2) is 0 Å². The van der Waals surface area contributed by atoms with Gasteiger partial charge in [0.1, 0.15) is 0 Å². The zero-order valence-electron chi connectivity index (χ0n) is 28.4. The molecule has 0 N–H and O–H groups in total. The van der Waals surface area contributed by atoms with Crippen LogP contribution in [0.4, 0.5) is 17.1 Å². The van der Waals surface area contributed by atoms with Crippen molar-refractivity contribution in [3.05, 3.63) is 104 Å². The first kappa shape index (κ1) is 38.5. The van der Waals surface area contributed by atoms with Crippen LogP contribution >= 0.6 is 0 Å². The van der Waals surface area contributed by atoms with E-state index in [4.69, 9.17) is 3.73 Å². The summed E-state index contributed by atoms with van der Waals surface area (Å²) in [6.45, 7) is 31.7. The second-order valence-corrected chi connectivity index (χ2v) is 13.9. The van der Waals surface area contributed by atoms with E-state index < -0.39 is 0 Å². The van der Waals surface area contributed by atoms with Crippen LogP contribution in [0.1, 0.15) is 95.7 Å². The molecule has 0 amide bonds. The Bertz CT molecular complexity index is 1030. The van der Waals surface area contributed by atoms with E-state index in [2.05, 4.69) is 174 Å². The topological polar surface area (TPSA) is 66.1 Å². The van der Waals surface area contributed by atoms with E-state index in [0.717, 1.165) is 36.5 Å². The third-order valence-corrected chi connectivity index (χ3v) is 5.01. The molecule has 41 heavy (non-hydrogen) atoms. The van der Waals surface area contributed by atoms with E-state index in [1.165, 1.54) is 33.4 Å². The average Bonchev–Trinajstić information content (AvgIpc) is 2.70. The van der Waals surface area contributed by atoms with Crippen LogP contribution in [-0.4, -0.2) is 16.6 Å². The predicted molar refractivity (Wildman–Crippen MR) is 178 cm³/mol. The molecular formula is C36H54MoN4-3. The summed E-state index contributed by atoms with van der Waals surface area (Å²) in [5, 5.41) is 13.8. The van der Waals surface area contributed by atoms with Gasteiger partial charge in [0.05, 0.1) is 0 Å². The molecule has 0 saturated heterocycles. The van der Waals surface area contributed by atoms with Crippen molar-refractivity contribution in [1.82, 2.24) is 0 Å². The molecule has 5 heteroatoms. The summed E-state index contributed by atoms with van der Waals surface area (Å²) in [4.78, 5) is 0. The molecule has 0 atom stereocenters. The van der Waals surface area contributed by atoms with Crippen LogP contribution < -0.4 is 0 Å². The molecule has 227 valence electrons. The van der Waals surface area contributed by atoms with E-state index in [9.17, 15) is 0 Å². The van der Waals surface area contributed by atoms with Crippen LogP contribution in [0.2, 0.25) is 0 Å². The van der Waals surface area contributed by atoms with Gasteiger partial charge >= 0.3 is 23.2 Å². The normalized spacial score (nSPS) is 11.0. The van der Waals surface area contributed by atoms with E-state index in [1.54, 1.807) is 0 Å². The maximum absolute atomic E-state index is 7.01. The monoisotopic (exact) mass is 640 g/mol. The summed E-state index contributed by atoms with van der Waals surface area (Å²) in [6, 6.07) is 19.2. The minimum atomic E-state index is 0.0141. The van der Waals surface area contributed by atoms with Crippen molar-refractivity contribution in [3.63, 3.8) is 0 Å². The third kappa shape index (κ3) is 20.1. The summed E-state index contributed by atoms with van der Waals surface area (Å²) in [6.07, 6.45) is 0. The van der Waals surface area contributed by atoms with Crippen molar-refractivity contribution in [2.75, 3.05) is 0 Å². The van der Waals surface area contributed by atoms with Crippen molar-refractivity contribution in [2.24, 2.45) is 0 Å². The Morgan fingerprint density at radius 3 is 0.634 bits per heavy atom. The second-order valence-electron chi connectivity index (χ2n) is 13.9. The van der Waals surface area contributed by atoms with Crippen LogP contribution in [-0.2, 0) is 19.4 Å². The van der Waals surface area contributed by atoms with Gasteiger partial charge in [0.15, 0.2) is 0 Å². The Morgan fingerprint density at radius 2 is 0.512 bits per heavy atom. The summed E-state index contributed by atoms with van der Waals surface area (Å²) in [7, 11) is 0. The molecule has 0 aliphatic heterocycles. The van der Waals surface area contributed by atoms with Gasteiger partial charge in [-0.05, 0) is 41.5 Å². The van der Waals surface area contributed by atoms with Gasteiger partial charge in [-0.1, -0.05) is 150 Å². The maximum atomic E-state index is 7.01. The van der Waals surface area contributed by atoms with Crippen molar-refractivity contribution < 1.29 is 19.4 Å². The second kappa shape index (κ2) is 16.8. The summed E-state index contributed by atoms with van der Waals surface area (Å²) in [5.74, 6) is 0. The number of rotatable bonds is 3. The summed E-state index contributed by atoms with van der Waals surface area (Å²) < 4.78 is 7.01. The summed E-state index contributed by atoms with van der Waals surface area (Å²) >= 11 is 0.950. The average molecular weight is 639 g/mol. The van der Waals surface area contributed by atoms with Gasteiger partial charge < -0.3 is 16.0 Å². The Kier molecular flexibility index (Phi) is 15.7. The summed E-state index contributed by atoms with van der Waals surface area (Å²) in [5.41, 5.74) is 11.0. The Balaban J connectivity index is 0.000000567.